The molecule has 22 heavy (non-hydrogen) atoms. The van der Waals surface area contributed by atoms with Crippen LogP contribution in [-0.4, -0.2) is 11.6 Å². The van der Waals surface area contributed by atoms with Crippen molar-refractivity contribution in [1.82, 2.24) is 0 Å². The van der Waals surface area contributed by atoms with Crippen molar-refractivity contribution >= 4 is 5.97 Å². The number of ether oxygens (including phenoxy) is 1. The maximum atomic E-state index is 13.7. The van der Waals surface area contributed by atoms with E-state index in [1.165, 1.54) is 6.07 Å². The molecule has 0 spiro atoms. The van der Waals surface area contributed by atoms with Gasteiger partial charge in [-0.2, -0.15) is 0 Å². The first kappa shape index (κ1) is 15.8. The Bertz CT molecular complexity index is 732. The number of hydrogen-bond donors (Lipinski definition) is 0. The molecule has 0 radical (unpaired) electrons. The van der Waals surface area contributed by atoms with E-state index in [2.05, 4.69) is 5.92 Å². The summed E-state index contributed by atoms with van der Waals surface area (Å²) in [5, 5.41) is 0. The van der Waals surface area contributed by atoms with Crippen molar-refractivity contribution in [1.29, 1.82) is 0 Å². The van der Waals surface area contributed by atoms with Gasteiger partial charge in [0.15, 0.2) is 0 Å². The molecular formula is C19H17FO2. The number of hydrogen-bond acceptors (Lipinski definition) is 2. The Morgan fingerprint density at radius 2 is 1.68 bits per heavy atom. The molecular weight excluding hydrogens is 279 g/mol. The van der Waals surface area contributed by atoms with Gasteiger partial charge < -0.3 is 4.74 Å². The Morgan fingerprint density at radius 3 is 2.18 bits per heavy atom. The van der Waals surface area contributed by atoms with E-state index >= 15 is 0 Å². The molecule has 0 bridgehead atoms. The van der Waals surface area contributed by atoms with Gasteiger partial charge in [0.2, 0.25) is 0 Å². The molecule has 0 aliphatic rings. The van der Waals surface area contributed by atoms with E-state index in [4.69, 9.17) is 11.2 Å². The minimum absolute atomic E-state index is 0.231. The summed E-state index contributed by atoms with van der Waals surface area (Å²) >= 11 is 0. The number of esters is 1. The zero-order valence-electron chi connectivity index (χ0n) is 12.8. The summed E-state index contributed by atoms with van der Waals surface area (Å²) in [6, 6.07) is 11.5. The van der Waals surface area contributed by atoms with Gasteiger partial charge in [0.05, 0.1) is 11.1 Å². The Balaban J connectivity index is 2.24. The summed E-state index contributed by atoms with van der Waals surface area (Å²) in [6.07, 6.45) is 5.20. The SMILES string of the molecule is C#Cc1ccc(-c2ccc(C(=O)OC(C)(C)C)cc2)cc1F. The quantitative estimate of drug-likeness (QED) is 0.605. The van der Waals surface area contributed by atoms with E-state index in [0.29, 0.717) is 11.1 Å². The van der Waals surface area contributed by atoms with E-state index in [0.717, 1.165) is 5.56 Å². The molecule has 0 saturated carbocycles. The van der Waals surface area contributed by atoms with Crippen LogP contribution in [0.3, 0.4) is 0 Å². The molecule has 2 aromatic rings. The van der Waals surface area contributed by atoms with Crippen molar-refractivity contribution in [3.8, 4) is 23.5 Å². The fraction of sp³-hybridized carbons (Fsp3) is 0.211. The first-order chi connectivity index (χ1) is 10.3. The molecule has 112 valence electrons. The van der Waals surface area contributed by atoms with Crippen LogP contribution in [0.1, 0.15) is 36.7 Å². The lowest BCUT2D eigenvalue weighted by molar-refractivity contribution is 0.00696. The Morgan fingerprint density at radius 1 is 1.09 bits per heavy atom. The van der Waals surface area contributed by atoms with Gasteiger partial charge in [0.25, 0.3) is 0 Å². The van der Waals surface area contributed by atoms with E-state index in [-0.39, 0.29) is 11.5 Å². The monoisotopic (exact) mass is 296 g/mol. The highest BCUT2D eigenvalue weighted by atomic mass is 19.1. The van der Waals surface area contributed by atoms with Gasteiger partial charge >= 0.3 is 5.97 Å². The highest BCUT2D eigenvalue weighted by molar-refractivity contribution is 5.90. The van der Waals surface area contributed by atoms with Crippen molar-refractivity contribution in [3.05, 3.63) is 59.4 Å². The number of rotatable bonds is 2. The van der Waals surface area contributed by atoms with Crippen molar-refractivity contribution < 1.29 is 13.9 Å². The zero-order valence-corrected chi connectivity index (χ0v) is 12.8. The van der Waals surface area contributed by atoms with Crippen LogP contribution in [0.25, 0.3) is 11.1 Å². The third-order valence-corrected chi connectivity index (χ3v) is 2.98. The summed E-state index contributed by atoms with van der Waals surface area (Å²) in [6.45, 7) is 5.44. The number of benzene rings is 2. The van der Waals surface area contributed by atoms with Crippen LogP contribution in [-0.2, 0) is 4.74 Å². The lowest BCUT2D eigenvalue weighted by atomic mass is 10.0. The molecule has 2 nitrogen and oxygen atoms in total. The first-order valence-corrected chi connectivity index (χ1v) is 6.90. The maximum absolute atomic E-state index is 13.7. The highest BCUT2D eigenvalue weighted by Crippen LogP contribution is 2.23. The minimum atomic E-state index is -0.538. The molecule has 0 N–H and O–H groups in total. The second-order valence-corrected chi connectivity index (χ2v) is 5.92. The summed E-state index contributed by atoms with van der Waals surface area (Å²) < 4.78 is 19.0. The molecule has 2 rings (SSSR count). The second-order valence-electron chi connectivity index (χ2n) is 5.92. The number of terminal acetylenes is 1. The van der Waals surface area contributed by atoms with Gasteiger partial charge in [-0.1, -0.05) is 24.1 Å². The molecule has 0 saturated heterocycles. The smallest absolute Gasteiger partial charge is 0.338 e. The van der Waals surface area contributed by atoms with Crippen LogP contribution in [0.2, 0.25) is 0 Å². The molecule has 0 aliphatic heterocycles. The molecule has 0 fully saturated rings. The van der Waals surface area contributed by atoms with Crippen molar-refractivity contribution in [2.75, 3.05) is 0 Å². The molecule has 0 heterocycles. The normalized spacial score (nSPS) is 10.9. The number of halogens is 1. The average molecular weight is 296 g/mol. The van der Waals surface area contributed by atoms with Crippen LogP contribution >= 0.6 is 0 Å². The standard InChI is InChI=1S/C19H17FO2/c1-5-13-6-11-16(12-17(13)20)14-7-9-15(10-8-14)18(21)22-19(2,3)4/h1,6-12H,2-4H3. The lowest BCUT2D eigenvalue weighted by Gasteiger charge is -2.19. The van der Waals surface area contributed by atoms with Gasteiger partial charge in [-0.3, -0.25) is 0 Å². The fourth-order valence-electron chi connectivity index (χ4n) is 1.95. The third kappa shape index (κ3) is 3.73. The van der Waals surface area contributed by atoms with E-state index in [9.17, 15) is 9.18 Å². The van der Waals surface area contributed by atoms with Crippen molar-refractivity contribution in [3.63, 3.8) is 0 Å². The maximum Gasteiger partial charge on any atom is 0.338 e. The summed E-state index contributed by atoms with van der Waals surface area (Å²) in [5.41, 5.74) is 1.65. The predicted molar refractivity (Wildman–Crippen MR) is 84.9 cm³/mol. The van der Waals surface area contributed by atoms with Gasteiger partial charge in [-0.25, -0.2) is 9.18 Å². The minimum Gasteiger partial charge on any atom is -0.456 e. The highest BCUT2D eigenvalue weighted by Gasteiger charge is 2.17. The first-order valence-electron chi connectivity index (χ1n) is 6.90. The van der Waals surface area contributed by atoms with E-state index in [1.807, 2.05) is 20.8 Å². The largest absolute Gasteiger partial charge is 0.456 e. The summed E-state index contributed by atoms with van der Waals surface area (Å²) in [7, 11) is 0. The van der Waals surface area contributed by atoms with Gasteiger partial charge in [-0.05, 0) is 56.2 Å². The third-order valence-electron chi connectivity index (χ3n) is 2.98. The van der Waals surface area contributed by atoms with Gasteiger partial charge in [-0.15, -0.1) is 6.42 Å². The van der Waals surface area contributed by atoms with Crippen LogP contribution in [0.15, 0.2) is 42.5 Å². The molecule has 2 aromatic carbocycles. The lowest BCUT2D eigenvalue weighted by Crippen LogP contribution is -2.23. The van der Waals surface area contributed by atoms with Crippen LogP contribution < -0.4 is 0 Å². The van der Waals surface area contributed by atoms with Gasteiger partial charge in [0, 0.05) is 0 Å². The Kier molecular flexibility index (Phi) is 4.32. The predicted octanol–water partition coefficient (Wildman–Crippen LogP) is 4.43. The summed E-state index contributed by atoms with van der Waals surface area (Å²) in [4.78, 5) is 11.9. The van der Waals surface area contributed by atoms with Gasteiger partial charge in [0.1, 0.15) is 11.4 Å². The summed E-state index contributed by atoms with van der Waals surface area (Å²) in [5.74, 6) is 1.47. The number of carbonyl (C=O) groups excluding carboxylic acids is 1. The van der Waals surface area contributed by atoms with E-state index in [1.54, 1.807) is 36.4 Å². The van der Waals surface area contributed by atoms with Crippen LogP contribution in [0.5, 0.6) is 0 Å². The Hall–Kier alpha value is -2.60. The molecule has 0 aliphatic carbocycles. The topological polar surface area (TPSA) is 26.3 Å². The molecule has 3 heteroatoms. The fourth-order valence-corrected chi connectivity index (χ4v) is 1.95. The number of carbonyl (C=O) groups is 1. The second kappa shape index (κ2) is 6.03. The molecule has 0 unspecified atom stereocenters. The van der Waals surface area contributed by atoms with Crippen LogP contribution in [0.4, 0.5) is 4.39 Å². The van der Waals surface area contributed by atoms with Crippen molar-refractivity contribution in [2.24, 2.45) is 0 Å². The van der Waals surface area contributed by atoms with Crippen molar-refractivity contribution in [2.45, 2.75) is 26.4 Å². The Labute approximate surface area is 129 Å². The average Bonchev–Trinajstić information content (AvgIpc) is 2.45. The molecule has 0 amide bonds. The molecule has 0 atom stereocenters. The molecule has 0 aromatic heterocycles. The van der Waals surface area contributed by atoms with Crippen LogP contribution in [0, 0.1) is 18.2 Å². The zero-order chi connectivity index (χ0) is 16.3. The van der Waals surface area contributed by atoms with E-state index < -0.39 is 11.4 Å².